The Labute approximate surface area is 173 Å². The van der Waals surface area contributed by atoms with E-state index in [-0.39, 0.29) is 5.91 Å². The number of carbonyl (C=O) groups is 1. The largest absolute Gasteiger partial charge is 0.423 e. The second kappa shape index (κ2) is 8.32. The molecule has 0 aliphatic carbocycles. The lowest BCUT2D eigenvalue weighted by molar-refractivity contribution is 0.102. The molecule has 1 heterocycles. The van der Waals surface area contributed by atoms with Gasteiger partial charge in [0.05, 0.1) is 0 Å². The van der Waals surface area contributed by atoms with Crippen LogP contribution in [0.4, 0.5) is 5.69 Å². The number of amides is 1. The number of nitrogens with one attached hydrogen (secondary N) is 1. The third-order valence-corrected chi connectivity index (χ3v) is 5.58. The molecule has 0 atom stereocenters. The highest BCUT2D eigenvalue weighted by atomic mass is 32.2. The Bertz CT molecular complexity index is 1120. The molecule has 6 heteroatoms. The summed E-state index contributed by atoms with van der Waals surface area (Å²) in [6.45, 7) is 4.23. The molecule has 3 aromatic carbocycles. The number of hydrogen-bond acceptors (Lipinski definition) is 5. The van der Waals surface area contributed by atoms with Crippen LogP contribution in [0, 0.1) is 13.8 Å². The molecular formula is C23H19N3O2S. The van der Waals surface area contributed by atoms with Crippen molar-refractivity contribution in [2.24, 2.45) is 0 Å². The van der Waals surface area contributed by atoms with E-state index in [1.54, 1.807) is 36.0 Å². The van der Waals surface area contributed by atoms with E-state index in [0.29, 0.717) is 11.5 Å². The number of benzene rings is 3. The zero-order chi connectivity index (χ0) is 20.2. The molecule has 0 aliphatic heterocycles. The van der Waals surface area contributed by atoms with Crippen molar-refractivity contribution < 1.29 is 9.21 Å². The summed E-state index contributed by atoms with van der Waals surface area (Å²) in [6.07, 6.45) is 1.28. The van der Waals surface area contributed by atoms with Crippen LogP contribution in [-0.4, -0.2) is 16.1 Å². The Morgan fingerprint density at radius 2 is 1.62 bits per heavy atom. The predicted octanol–water partition coefficient (Wildman–Crippen LogP) is 5.76. The van der Waals surface area contributed by atoms with Gasteiger partial charge in [0.1, 0.15) is 0 Å². The molecule has 4 rings (SSSR count). The molecule has 0 saturated carbocycles. The summed E-state index contributed by atoms with van der Waals surface area (Å²) in [5, 5.41) is 10.4. The topological polar surface area (TPSA) is 68.0 Å². The van der Waals surface area contributed by atoms with Crippen LogP contribution in [0.2, 0.25) is 0 Å². The maximum Gasteiger partial charge on any atom is 0.255 e. The van der Waals surface area contributed by atoms with Crippen LogP contribution in [0.5, 0.6) is 0 Å². The lowest BCUT2D eigenvalue weighted by Crippen LogP contribution is -2.11. The van der Waals surface area contributed by atoms with Gasteiger partial charge in [0.2, 0.25) is 12.3 Å². The molecule has 0 aliphatic rings. The van der Waals surface area contributed by atoms with Crippen molar-refractivity contribution in [3.8, 4) is 11.5 Å². The van der Waals surface area contributed by atoms with Gasteiger partial charge < -0.3 is 9.73 Å². The highest BCUT2D eigenvalue weighted by Gasteiger charge is 2.09. The Kier molecular flexibility index (Phi) is 5.44. The lowest BCUT2D eigenvalue weighted by Gasteiger charge is -2.08. The standard InChI is InChI=1S/C23H19N3O2S/c1-15-3-10-21(13-16(15)2)29-20-11-8-19(9-12-20)25-22(27)17-4-6-18(7-5-17)23-26-24-14-28-23/h3-14H,1-2H3,(H,25,27). The first-order valence-corrected chi connectivity index (χ1v) is 9.93. The van der Waals surface area contributed by atoms with Crippen molar-refractivity contribution in [3.05, 3.63) is 89.8 Å². The fourth-order valence-corrected chi connectivity index (χ4v) is 3.70. The molecule has 0 unspecified atom stereocenters. The predicted molar refractivity (Wildman–Crippen MR) is 114 cm³/mol. The van der Waals surface area contributed by atoms with Crippen molar-refractivity contribution in [1.82, 2.24) is 10.2 Å². The molecular weight excluding hydrogens is 382 g/mol. The maximum absolute atomic E-state index is 12.5. The number of nitrogens with zero attached hydrogens (tertiary/aromatic N) is 2. The quantitative estimate of drug-likeness (QED) is 0.461. The minimum Gasteiger partial charge on any atom is -0.423 e. The Balaban J connectivity index is 1.40. The van der Waals surface area contributed by atoms with E-state index in [4.69, 9.17) is 4.42 Å². The van der Waals surface area contributed by atoms with Crippen molar-refractivity contribution in [1.29, 1.82) is 0 Å². The van der Waals surface area contributed by atoms with Crippen molar-refractivity contribution >= 4 is 23.4 Å². The third-order valence-electron chi connectivity index (χ3n) is 4.58. The summed E-state index contributed by atoms with van der Waals surface area (Å²) in [7, 11) is 0. The zero-order valence-electron chi connectivity index (χ0n) is 16.0. The van der Waals surface area contributed by atoms with E-state index in [1.165, 1.54) is 22.4 Å². The van der Waals surface area contributed by atoms with Gasteiger partial charge in [-0.25, -0.2) is 0 Å². The first-order valence-electron chi connectivity index (χ1n) is 9.11. The monoisotopic (exact) mass is 401 g/mol. The van der Waals surface area contributed by atoms with Crippen LogP contribution in [0.15, 0.2) is 87.3 Å². The highest BCUT2D eigenvalue weighted by molar-refractivity contribution is 7.99. The zero-order valence-corrected chi connectivity index (χ0v) is 16.9. The number of hydrogen-bond donors (Lipinski definition) is 1. The summed E-state index contributed by atoms with van der Waals surface area (Å²) in [6, 6.07) is 21.3. The second-order valence-corrected chi connectivity index (χ2v) is 7.79. The average molecular weight is 401 g/mol. The van der Waals surface area contributed by atoms with Gasteiger partial charge in [-0.3, -0.25) is 4.79 Å². The van der Waals surface area contributed by atoms with E-state index in [9.17, 15) is 4.79 Å². The van der Waals surface area contributed by atoms with Crippen LogP contribution in [0.25, 0.3) is 11.5 Å². The number of carbonyl (C=O) groups excluding carboxylic acids is 1. The molecule has 0 bridgehead atoms. The second-order valence-electron chi connectivity index (χ2n) is 6.65. The fraction of sp³-hybridized carbons (Fsp3) is 0.0870. The van der Waals surface area contributed by atoms with Crippen LogP contribution in [-0.2, 0) is 0 Å². The Morgan fingerprint density at radius 3 is 2.28 bits per heavy atom. The molecule has 0 fully saturated rings. The third kappa shape index (κ3) is 4.55. The first kappa shape index (κ1) is 19.0. The van der Waals surface area contributed by atoms with Crippen LogP contribution in [0.1, 0.15) is 21.5 Å². The van der Waals surface area contributed by atoms with E-state index >= 15 is 0 Å². The molecule has 4 aromatic rings. The van der Waals surface area contributed by atoms with E-state index < -0.39 is 0 Å². The van der Waals surface area contributed by atoms with Crippen LogP contribution in [0.3, 0.4) is 0 Å². The summed E-state index contributed by atoms with van der Waals surface area (Å²) in [4.78, 5) is 14.8. The molecule has 1 aromatic heterocycles. The molecule has 1 amide bonds. The minimum atomic E-state index is -0.170. The minimum absolute atomic E-state index is 0.170. The van der Waals surface area contributed by atoms with E-state index in [2.05, 4.69) is 47.6 Å². The van der Waals surface area contributed by atoms with Gasteiger partial charge in [0.25, 0.3) is 5.91 Å². The number of rotatable bonds is 5. The normalized spacial score (nSPS) is 10.7. The highest BCUT2D eigenvalue weighted by Crippen LogP contribution is 2.30. The van der Waals surface area contributed by atoms with Gasteiger partial charge in [-0.15, -0.1) is 10.2 Å². The first-order chi connectivity index (χ1) is 14.1. The molecule has 1 N–H and O–H groups in total. The van der Waals surface area contributed by atoms with Gasteiger partial charge in [-0.1, -0.05) is 17.8 Å². The number of aryl methyl sites for hydroxylation is 2. The fourth-order valence-electron chi connectivity index (χ4n) is 2.79. The number of aromatic nitrogens is 2. The molecule has 5 nitrogen and oxygen atoms in total. The van der Waals surface area contributed by atoms with Crippen LogP contribution < -0.4 is 5.32 Å². The lowest BCUT2D eigenvalue weighted by atomic mass is 10.1. The van der Waals surface area contributed by atoms with Gasteiger partial charge in [-0.05, 0) is 85.6 Å². The smallest absolute Gasteiger partial charge is 0.255 e. The Morgan fingerprint density at radius 1 is 0.897 bits per heavy atom. The molecule has 144 valence electrons. The SMILES string of the molecule is Cc1ccc(Sc2ccc(NC(=O)c3ccc(-c4nnco4)cc3)cc2)cc1C. The van der Waals surface area contributed by atoms with Gasteiger partial charge >= 0.3 is 0 Å². The Hall–Kier alpha value is -3.38. The van der Waals surface area contributed by atoms with Crippen molar-refractivity contribution in [2.75, 3.05) is 5.32 Å². The van der Waals surface area contributed by atoms with Gasteiger partial charge in [-0.2, -0.15) is 0 Å². The van der Waals surface area contributed by atoms with Crippen molar-refractivity contribution in [3.63, 3.8) is 0 Å². The van der Waals surface area contributed by atoms with Crippen molar-refractivity contribution in [2.45, 2.75) is 23.6 Å². The van der Waals surface area contributed by atoms with Gasteiger partial charge in [0, 0.05) is 26.6 Å². The number of anilines is 1. The van der Waals surface area contributed by atoms with E-state index in [0.717, 1.165) is 16.1 Å². The van der Waals surface area contributed by atoms with Crippen LogP contribution >= 0.6 is 11.8 Å². The molecule has 29 heavy (non-hydrogen) atoms. The summed E-state index contributed by atoms with van der Waals surface area (Å²) >= 11 is 1.70. The molecule has 0 spiro atoms. The molecule has 0 radical (unpaired) electrons. The maximum atomic E-state index is 12.5. The van der Waals surface area contributed by atoms with Gasteiger partial charge in [0.15, 0.2) is 0 Å². The summed E-state index contributed by atoms with van der Waals surface area (Å²) < 4.78 is 5.16. The summed E-state index contributed by atoms with van der Waals surface area (Å²) in [5.41, 5.74) is 4.65. The summed E-state index contributed by atoms with van der Waals surface area (Å²) in [5.74, 6) is 0.255. The molecule has 0 saturated heterocycles. The average Bonchev–Trinajstić information content (AvgIpc) is 3.27. The van der Waals surface area contributed by atoms with E-state index in [1.807, 2.05) is 24.3 Å².